The number of thiazole rings is 1. The fourth-order valence-electron chi connectivity index (χ4n) is 1.75. The molecule has 3 aromatic heterocycles. The van der Waals surface area contributed by atoms with Crippen LogP contribution in [0, 0.1) is 11.3 Å². The number of anilines is 2. The van der Waals surface area contributed by atoms with E-state index in [1.165, 1.54) is 28.5 Å². The largest absolute Gasteiger partial charge is 0.375 e. The number of azo groups is 1. The van der Waals surface area contributed by atoms with Gasteiger partial charge < -0.3 is 11.1 Å². The molecule has 3 rings (SSSR count). The van der Waals surface area contributed by atoms with Crippen molar-refractivity contribution in [2.45, 2.75) is 0 Å². The average Bonchev–Trinajstić information content (AvgIpc) is 3.16. The van der Waals surface area contributed by atoms with Gasteiger partial charge in [-0.3, -0.25) is 0 Å². The van der Waals surface area contributed by atoms with Gasteiger partial charge in [-0.1, -0.05) is 11.3 Å². The van der Waals surface area contributed by atoms with E-state index in [9.17, 15) is 5.26 Å². The SMILES string of the molecule is CNc1nc(N)sc1/N=N/c1c(C#N)cnn1-c1ccncn1. The van der Waals surface area contributed by atoms with Crippen molar-refractivity contribution in [2.24, 2.45) is 10.2 Å². The van der Waals surface area contributed by atoms with Crippen LogP contribution in [0.3, 0.4) is 0 Å². The summed E-state index contributed by atoms with van der Waals surface area (Å²) < 4.78 is 1.41. The highest BCUT2D eigenvalue weighted by molar-refractivity contribution is 7.19. The van der Waals surface area contributed by atoms with Crippen molar-refractivity contribution >= 4 is 33.1 Å². The standard InChI is InChI=1S/C12H10N10S/c1-15-9-11(23-12(14)19-9)21-20-10-7(4-13)5-18-22(10)8-2-3-16-6-17-8/h2-3,5-6,15H,1H3,(H2,14,19)/b21-20+. The van der Waals surface area contributed by atoms with Crippen LogP contribution in [0.4, 0.5) is 21.8 Å². The van der Waals surface area contributed by atoms with Crippen LogP contribution in [0.1, 0.15) is 5.56 Å². The lowest BCUT2D eigenvalue weighted by atomic mass is 10.4. The number of hydrogen-bond donors (Lipinski definition) is 2. The molecule has 0 aromatic carbocycles. The summed E-state index contributed by atoms with van der Waals surface area (Å²) >= 11 is 1.18. The number of nitrogens with one attached hydrogen (secondary N) is 1. The first-order valence-electron chi connectivity index (χ1n) is 6.33. The van der Waals surface area contributed by atoms with Gasteiger partial charge in [0.2, 0.25) is 0 Å². The van der Waals surface area contributed by atoms with E-state index in [1.54, 1.807) is 19.3 Å². The van der Waals surface area contributed by atoms with Crippen molar-refractivity contribution in [2.75, 3.05) is 18.1 Å². The molecule has 0 aliphatic rings. The van der Waals surface area contributed by atoms with Gasteiger partial charge in [0.15, 0.2) is 27.6 Å². The molecule has 0 aliphatic heterocycles. The molecular weight excluding hydrogens is 316 g/mol. The molecule has 3 aromatic rings. The van der Waals surface area contributed by atoms with Gasteiger partial charge in [-0.25, -0.2) is 15.0 Å². The zero-order valence-corrected chi connectivity index (χ0v) is 12.7. The molecule has 0 saturated heterocycles. The molecule has 3 heterocycles. The summed E-state index contributed by atoms with van der Waals surface area (Å²) in [4.78, 5) is 12.0. The third-order valence-electron chi connectivity index (χ3n) is 2.75. The van der Waals surface area contributed by atoms with Gasteiger partial charge in [0.05, 0.1) is 6.20 Å². The first kappa shape index (κ1) is 14.5. The maximum atomic E-state index is 9.20. The maximum absolute atomic E-state index is 9.20. The molecule has 3 N–H and O–H groups in total. The minimum Gasteiger partial charge on any atom is -0.375 e. The highest BCUT2D eigenvalue weighted by Crippen LogP contribution is 2.35. The van der Waals surface area contributed by atoms with Crippen LogP contribution in [-0.4, -0.2) is 31.8 Å². The Morgan fingerprint density at radius 1 is 1.43 bits per heavy atom. The molecule has 11 heteroatoms. The van der Waals surface area contributed by atoms with Gasteiger partial charge in [-0.05, 0) is 0 Å². The maximum Gasteiger partial charge on any atom is 0.197 e. The Kier molecular flexibility index (Phi) is 3.89. The summed E-state index contributed by atoms with van der Waals surface area (Å²) in [6.45, 7) is 0. The second-order valence-corrected chi connectivity index (χ2v) is 5.14. The predicted molar refractivity (Wildman–Crippen MR) is 84.1 cm³/mol. The molecule has 0 radical (unpaired) electrons. The van der Waals surface area contributed by atoms with E-state index in [0.29, 0.717) is 21.8 Å². The average molecular weight is 326 g/mol. The van der Waals surface area contributed by atoms with Crippen molar-refractivity contribution in [3.8, 4) is 11.9 Å². The van der Waals surface area contributed by atoms with Crippen LogP contribution in [0.15, 0.2) is 35.0 Å². The lowest BCUT2D eigenvalue weighted by molar-refractivity contribution is 0.833. The number of rotatable bonds is 4. The zero-order valence-electron chi connectivity index (χ0n) is 11.9. The van der Waals surface area contributed by atoms with Crippen molar-refractivity contribution in [1.82, 2.24) is 24.7 Å². The van der Waals surface area contributed by atoms with Crippen LogP contribution in [-0.2, 0) is 0 Å². The molecule has 0 aliphatic carbocycles. The van der Waals surface area contributed by atoms with Crippen molar-refractivity contribution in [3.05, 3.63) is 30.4 Å². The Labute approximate surface area is 134 Å². The number of aromatic nitrogens is 5. The number of nitrogen functional groups attached to an aromatic ring is 1. The van der Waals surface area contributed by atoms with Crippen LogP contribution in [0.5, 0.6) is 0 Å². The Morgan fingerprint density at radius 3 is 3.00 bits per heavy atom. The van der Waals surface area contributed by atoms with Crippen molar-refractivity contribution in [3.63, 3.8) is 0 Å². The molecule has 23 heavy (non-hydrogen) atoms. The van der Waals surface area contributed by atoms with E-state index in [-0.39, 0.29) is 11.4 Å². The van der Waals surface area contributed by atoms with Crippen LogP contribution < -0.4 is 11.1 Å². The molecule has 0 fully saturated rings. The fraction of sp³-hybridized carbons (Fsp3) is 0.0833. The minimum absolute atomic E-state index is 0.264. The molecule has 0 amide bonds. The first-order chi connectivity index (χ1) is 11.2. The van der Waals surface area contributed by atoms with Gasteiger partial charge in [0, 0.05) is 19.3 Å². The number of hydrogen-bond acceptors (Lipinski definition) is 10. The van der Waals surface area contributed by atoms with Crippen LogP contribution in [0.2, 0.25) is 0 Å². The summed E-state index contributed by atoms with van der Waals surface area (Å²) in [5, 5.41) is 25.3. The number of nitriles is 1. The van der Waals surface area contributed by atoms with Gasteiger partial charge in [0.25, 0.3) is 0 Å². The summed E-state index contributed by atoms with van der Waals surface area (Å²) in [5.74, 6) is 1.26. The van der Waals surface area contributed by atoms with E-state index >= 15 is 0 Å². The molecule has 114 valence electrons. The second kappa shape index (κ2) is 6.16. The Bertz CT molecular complexity index is 888. The lowest BCUT2D eigenvalue weighted by Crippen LogP contribution is -1.98. The molecule has 0 atom stereocenters. The van der Waals surface area contributed by atoms with E-state index in [2.05, 4.69) is 35.6 Å². The second-order valence-electron chi connectivity index (χ2n) is 4.13. The summed E-state index contributed by atoms with van der Waals surface area (Å²) in [5.41, 5.74) is 5.93. The van der Waals surface area contributed by atoms with E-state index in [4.69, 9.17) is 5.73 Å². The fourth-order valence-corrected chi connectivity index (χ4v) is 2.41. The van der Waals surface area contributed by atoms with Gasteiger partial charge in [-0.15, -0.1) is 10.2 Å². The first-order valence-corrected chi connectivity index (χ1v) is 7.15. The van der Waals surface area contributed by atoms with Gasteiger partial charge in [-0.2, -0.15) is 15.0 Å². The Hall–Kier alpha value is -3.39. The van der Waals surface area contributed by atoms with E-state index < -0.39 is 0 Å². The van der Waals surface area contributed by atoms with Crippen LogP contribution in [0.25, 0.3) is 5.82 Å². The van der Waals surface area contributed by atoms with E-state index in [0.717, 1.165) is 0 Å². The van der Waals surface area contributed by atoms with Crippen LogP contribution >= 0.6 is 11.3 Å². The quantitative estimate of drug-likeness (QED) is 0.698. The van der Waals surface area contributed by atoms with Crippen molar-refractivity contribution in [1.29, 1.82) is 5.26 Å². The van der Waals surface area contributed by atoms with Gasteiger partial charge >= 0.3 is 0 Å². The number of nitrogens with zero attached hydrogens (tertiary/aromatic N) is 8. The summed E-state index contributed by atoms with van der Waals surface area (Å²) in [6, 6.07) is 3.67. The zero-order chi connectivity index (χ0) is 16.2. The predicted octanol–water partition coefficient (Wildman–Crippen LogP) is 2.03. The topological polar surface area (TPSA) is 143 Å². The molecule has 0 saturated carbocycles. The smallest absolute Gasteiger partial charge is 0.197 e. The minimum atomic E-state index is 0.264. The van der Waals surface area contributed by atoms with E-state index in [1.807, 2.05) is 6.07 Å². The third kappa shape index (κ3) is 2.83. The third-order valence-corrected chi connectivity index (χ3v) is 3.51. The summed E-state index contributed by atoms with van der Waals surface area (Å²) in [6.07, 6.45) is 4.35. The monoisotopic (exact) mass is 326 g/mol. The number of nitrogens with two attached hydrogens (primary N) is 1. The Balaban J connectivity index is 2.04. The molecule has 0 spiro atoms. The Morgan fingerprint density at radius 2 is 2.30 bits per heavy atom. The highest BCUT2D eigenvalue weighted by Gasteiger charge is 2.14. The molecule has 0 unspecified atom stereocenters. The van der Waals surface area contributed by atoms with Crippen molar-refractivity contribution < 1.29 is 0 Å². The molecular formula is C12H10N10S. The normalized spacial score (nSPS) is 10.8. The molecule has 0 bridgehead atoms. The summed E-state index contributed by atoms with van der Waals surface area (Å²) in [7, 11) is 1.71. The van der Waals surface area contributed by atoms with Gasteiger partial charge in [0.1, 0.15) is 18.0 Å². The molecule has 10 nitrogen and oxygen atoms in total. The highest BCUT2D eigenvalue weighted by atomic mass is 32.1. The lowest BCUT2D eigenvalue weighted by Gasteiger charge is -2.01.